The van der Waals surface area contributed by atoms with Crippen molar-refractivity contribution >= 4 is 48.5 Å². The molecule has 1 aromatic carbocycles. The minimum atomic E-state index is 0.891. The summed E-state index contributed by atoms with van der Waals surface area (Å²) in [6.45, 7) is 0. The molecule has 0 fully saturated rings. The van der Waals surface area contributed by atoms with Gasteiger partial charge in [0.15, 0.2) is 0 Å². The molecule has 0 radical (unpaired) electrons. The van der Waals surface area contributed by atoms with Crippen LogP contribution in [0.5, 0.6) is 0 Å². The van der Waals surface area contributed by atoms with Crippen LogP contribution in [0.2, 0.25) is 0 Å². The van der Waals surface area contributed by atoms with E-state index >= 15 is 0 Å². The van der Waals surface area contributed by atoms with Gasteiger partial charge in [0.2, 0.25) is 0 Å². The van der Waals surface area contributed by atoms with E-state index in [-0.39, 0.29) is 0 Å². The van der Waals surface area contributed by atoms with Crippen molar-refractivity contribution in [2.75, 3.05) is 5.73 Å². The fraction of sp³-hybridized carbons (Fsp3) is 0. The Balaban J connectivity index is 2.70. The third-order valence-electron chi connectivity index (χ3n) is 2.19. The van der Waals surface area contributed by atoms with Crippen LogP contribution in [0.25, 0.3) is 20.2 Å². The van der Waals surface area contributed by atoms with Gasteiger partial charge >= 0.3 is 0 Å². The Kier molecular flexibility index (Phi) is 1.39. The van der Waals surface area contributed by atoms with Gasteiger partial charge in [-0.1, -0.05) is 0 Å². The summed E-state index contributed by atoms with van der Waals surface area (Å²) in [5.41, 5.74) is 6.83. The summed E-state index contributed by atoms with van der Waals surface area (Å²) < 4.78 is 2.68. The Morgan fingerprint density at radius 2 is 1.77 bits per heavy atom. The molecular weight excluding hydrogens is 198 g/mol. The van der Waals surface area contributed by atoms with Crippen molar-refractivity contribution in [1.82, 2.24) is 0 Å². The Morgan fingerprint density at radius 3 is 2.69 bits per heavy atom. The summed E-state index contributed by atoms with van der Waals surface area (Å²) in [6, 6.07) is 6.27. The second-order valence-corrected chi connectivity index (χ2v) is 4.80. The maximum absolute atomic E-state index is 5.94. The number of fused-ring (bicyclic) bond motifs is 3. The van der Waals surface area contributed by atoms with Gasteiger partial charge in [0.25, 0.3) is 0 Å². The summed E-state index contributed by atoms with van der Waals surface area (Å²) >= 11 is 3.55. The van der Waals surface area contributed by atoms with Crippen molar-refractivity contribution in [2.24, 2.45) is 0 Å². The van der Waals surface area contributed by atoms with Crippen molar-refractivity contribution in [2.45, 2.75) is 0 Å². The van der Waals surface area contributed by atoms with E-state index in [0.29, 0.717) is 0 Å². The quantitative estimate of drug-likeness (QED) is 0.556. The second-order valence-electron chi connectivity index (χ2n) is 2.97. The van der Waals surface area contributed by atoms with Crippen LogP contribution in [0.4, 0.5) is 5.69 Å². The van der Waals surface area contributed by atoms with Crippen LogP contribution >= 0.6 is 22.7 Å². The van der Waals surface area contributed by atoms with Crippen molar-refractivity contribution in [1.29, 1.82) is 0 Å². The minimum Gasteiger partial charge on any atom is -0.398 e. The number of nitrogens with two attached hydrogens (primary N) is 1. The van der Waals surface area contributed by atoms with Crippen LogP contribution < -0.4 is 5.73 Å². The largest absolute Gasteiger partial charge is 0.398 e. The number of nitrogen functional groups attached to an aromatic ring is 1. The summed E-state index contributed by atoms with van der Waals surface area (Å²) in [5, 5.41) is 6.67. The van der Waals surface area contributed by atoms with Gasteiger partial charge in [0.1, 0.15) is 0 Å². The molecule has 3 heteroatoms. The third kappa shape index (κ3) is 0.913. The molecule has 0 saturated carbocycles. The molecule has 13 heavy (non-hydrogen) atoms. The van der Waals surface area contributed by atoms with Crippen LogP contribution in [0.3, 0.4) is 0 Å². The molecule has 0 amide bonds. The van der Waals surface area contributed by atoms with Gasteiger partial charge in [-0.15, -0.1) is 22.7 Å². The van der Waals surface area contributed by atoms with E-state index in [4.69, 9.17) is 5.73 Å². The lowest BCUT2D eigenvalue weighted by atomic mass is 10.2. The zero-order chi connectivity index (χ0) is 8.84. The maximum atomic E-state index is 5.94. The molecule has 3 rings (SSSR count). The summed E-state index contributed by atoms with van der Waals surface area (Å²) in [5.74, 6) is 0. The fourth-order valence-corrected chi connectivity index (χ4v) is 3.57. The van der Waals surface area contributed by atoms with Gasteiger partial charge < -0.3 is 5.73 Å². The number of benzene rings is 1. The lowest BCUT2D eigenvalue weighted by molar-refractivity contribution is 1.88. The molecule has 0 saturated heterocycles. The van der Waals surface area contributed by atoms with Crippen LogP contribution in [-0.4, -0.2) is 0 Å². The van der Waals surface area contributed by atoms with Crippen LogP contribution in [0, 0.1) is 0 Å². The fourth-order valence-electron chi connectivity index (χ4n) is 1.58. The first-order valence-electron chi connectivity index (χ1n) is 3.99. The van der Waals surface area contributed by atoms with Crippen LogP contribution in [0.15, 0.2) is 29.0 Å². The molecular formula is C10H7NS2. The first-order chi connectivity index (χ1) is 6.36. The number of hydrogen-bond acceptors (Lipinski definition) is 3. The Hall–Kier alpha value is -1.06. The van der Waals surface area contributed by atoms with Crippen molar-refractivity contribution < 1.29 is 0 Å². The summed E-state index contributed by atoms with van der Waals surface area (Å²) in [7, 11) is 0. The SMILES string of the molecule is Nc1cc2ccsc2c2sccc12. The molecule has 2 heterocycles. The standard InChI is InChI=1S/C10H7NS2/c11-8-5-6-1-3-12-9(6)10-7(8)2-4-13-10/h1-5H,11H2. The van der Waals surface area contributed by atoms with Gasteiger partial charge in [-0.2, -0.15) is 0 Å². The molecule has 64 valence electrons. The van der Waals surface area contributed by atoms with Gasteiger partial charge in [-0.05, 0) is 34.3 Å². The predicted octanol–water partition coefficient (Wildman–Crippen LogP) is 3.70. The first-order valence-corrected chi connectivity index (χ1v) is 5.75. The number of thiophene rings is 2. The highest BCUT2D eigenvalue weighted by atomic mass is 32.1. The zero-order valence-electron chi connectivity index (χ0n) is 6.78. The maximum Gasteiger partial charge on any atom is 0.0541 e. The Morgan fingerprint density at radius 1 is 1.00 bits per heavy atom. The highest BCUT2D eigenvalue weighted by Gasteiger charge is 2.05. The summed E-state index contributed by atoms with van der Waals surface area (Å²) in [6.07, 6.45) is 0. The van der Waals surface area contributed by atoms with Gasteiger partial charge in [-0.3, -0.25) is 0 Å². The first kappa shape index (κ1) is 7.35. The van der Waals surface area contributed by atoms with Crippen molar-refractivity contribution in [3.05, 3.63) is 29.0 Å². The molecule has 0 aliphatic heterocycles. The highest BCUT2D eigenvalue weighted by molar-refractivity contribution is 7.25. The molecule has 2 N–H and O–H groups in total. The average molecular weight is 205 g/mol. The van der Waals surface area contributed by atoms with Gasteiger partial charge in [-0.25, -0.2) is 0 Å². The number of anilines is 1. The molecule has 0 bridgehead atoms. The molecule has 0 unspecified atom stereocenters. The van der Waals surface area contributed by atoms with Crippen molar-refractivity contribution in [3.8, 4) is 0 Å². The number of rotatable bonds is 0. The normalized spacial score (nSPS) is 11.4. The molecule has 0 aliphatic carbocycles. The monoisotopic (exact) mass is 205 g/mol. The lowest BCUT2D eigenvalue weighted by Crippen LogP contribution is -1.83. The minimum absolute atomic E-state index is 0.891. The molecule has 0 atom stereocenters. The third-order valence-corrected chi connectivity index (χ3v) is 4.20. The molecule has 1 nitrogen and oxygen atoms in total. The van der Waals surface area contributed by atoms with Crippen molar-refractivity contribution in [3.63, 3.8) is 0 Å². The molecule has 2 aromatic heterocycles. The van der Waals surface area contributed by atoms with Crippen LogP contribution in [-0.2, 0) is 0 Å². The van der Waals surface area contributed by atoms with E-state index in [1.54, 1.807) is 22.7 Å². The van der Waals surface area contributed by atoms with Gasteiger partial charge in [0.05, 0.1) is 9.40 Å². The Bertz CT molecular complexity index is 577. The smallest absolute Gasteiger partial charge is 0.0541 e. The molecule has 0 spiro atoms. The molecule has 0 aliphatic rings. The van der Waals surface area contributed by atoms with Gasteiger partial charge in [0, 0.05) is 11.1 Å². The zero-order valence-corrected chi connectivity index (χ0v) is 8.41. The number of hydrogen-bond donors (Lipinski definition) is 1. The molecule has 3 aromatic rings. The average Bonchev–Trinajstić information content (AvgIpc) is 2.66. The van der Waals surface area contributed by atoms with E-state index in [1.165, 1.54) is 20.2 Å². The van der Waals surface area contributed by atoms with E-state index in [9.17, 15) is 0 Å². The van der Waals surface area contributed by atoms with E-state index < -0.39 is 0 Å². The van der Waals surface area contributed by atoms with E-state index in [2.05, 4.69) is 29.0 Å². The highest BCUT2D eigenvalue weighted by Crippen LogP contribution is 2.36. The Labute approximate surface area is 83.4 Å². The summed E-state index contributed by atoms with van der Waals surface area (Å²) in [4.78, 5) is 0. The predicted molar refractivity (Wildman–Crippen MR) is 61.6 cm³/mol. The second kappa shape index (κ2) is 2.47. The van der Waals surface area contributed by atoms with Crippen LogP contribution in [0.1, 0.15) is 0 Å². The van der Waals surface area contributed by atoms with E-state index in [0.717, 1.165) is 5.69 Å². The topological polar surface area (TPSA) is 26.0 Å². The van der Waals surface area contributed by atoms with E-state index in [1.807, 2.05) is 0 Å². The lowest BCUT2D eigenvalue weighted by Gasteiger charge is -1.97.